The lowest BCUT2D eigenvalue weighted by Crippen LogP contribution is -2.57. The predicted molar refractivity (Wildman–Crippen MR) is 74.3 cm³/mol. The Hall–Kier alpha value is -0.200. The van der Waals surface area contributed by atoms with Crippen molar-refractivity contribution in [1.29, 1.82) is 0 Å². The van der Waals surface area contributed by atoms with E-state index in [1.54, 1.807) is 0 Å². The summed E-state index contributed by atoms with van der Waals surface area (Å²) in [4.78, 5) is 2.43. The molecule has 19 heavy (non-hydrogen) atoms. The Balaban J connectivity index is 1.87. The molecule has 0 aliphatic carbocycles. The maximum atomic E-state index is 9.36. The highest BCUT2D eigenvalue weighted by Gasteiger charge is 2.35. The fourth-order valence-corrected chi connectivity index (χ4v) is 3.10. The van der Waals surface area contributed by atoms with Crippen LogP contribution in [0.1, 0.15) is 27.2 Å². The second kappa shape index (κ2) is 6.50. The first-order chi connectivity index (χ1) is 9.00. The van der Waals surface area contributed by atoms with Gasteiger partial charge in [0.15, 0.2) is 0 Å². The molecule has 0 saturated carbocycles. The molecule has 2 aliphatic heterocycles. The van der Waals surface area contributed by atoms with Gasteiger partial charge in [-0.15, -0.1) is 0 Å². The quantitative estimate of drug-likeness (QED) is 0.767. The molecule has 0 aromatic carbocycles. The third-order valence-electron chi connectivity index (χ3n) is 3.96. The largest absolute Gasteiger partial charge is 0.394 e. The molecule has 0 radical (unpaired) electrons. The van der Waals surface area contributed by atoms with Crippen molar-refractivity contribution in [3.63, 3.8) is 0 Å². The molecule has 0 aromatic heterocycles. The Morgan fingerprint density at radius 3 is 2.89 bits per heavy atom. The average molecular weight is 272 g/mol. The van der Waals surface area contributed by atoms with E-state index in [1.807, 2.05) is 0 Å². The average Bonchev–Trinajstić information content (AvgIpc) is 2.38. The fraction of sp³-hybridized carbons (Fsp3) is 1.00. The van der Waals surface area contributed by atoms with E-state index >= 15 is 0 Å². The van der Waals surface area contributed by atoms with Gasteiger partial charge >= 0.3 is 0 Å². The SMILES string of the molecule is CC(CC1COCCN1)N1CC(CO)OC(C)(C)C1. The lowest BCUT2D eigenvalue weighted by molar-refractivity contribution is -0.156. The van der Waals surface area contributed by atoms with E-state index in [9.17, 15) is 5.11 Å². The van der Waals surface area contributed by atoms with Crippen LogP contribution in [0, 0.1) is 0 Å². The van der Waals surface area contributed by atoms with Gasteiger partial charge < -0.3 is 19.9 Å². The summed E-state index contributed by atoms with van der Waals surface area (Å²) in [6.07, 6.45) is 1.01. The van der Waals surface area contributed by atoms with Gasteiger partial charge in [-0.05, 0) is 27.2 Å². The van der Waals surface area contributed by atoms with Gasteiger partial charge in [0.2, 0.25) is 0 Å². The van der Waals surface area contributed by atoms with Gasteiger partial charge in [0, 0.05) is 31.7 Å². The molecule has 2 saturated heterocycles. The Kier molecular flexibility index (Phi) is 5.20. The first kappa shape index (κ1) is 15.2. The summed E-state index contributed by atoms with van der Waals surface area (Å²) in [5, 5.41) is 12.9. The molecular weight excluding hydrogens is 244 g/mol. The number of nitrogens with one attached hydrogen (secondary N) is 1. The molecule has 0 spiro atoms. The van der Waals surface area contributed by atoms with Gasteiger partial charge in [-0.2, -0.15) is 0 Å². The van der Waals surface area contributed by atoms with Crippen molar-refractivity contribution in [3.05, 3.63) is 0 Å². The summed E-state index contributed by atoms with van der Waals surface area (Å²) in [7, 11) is 0. The molecule has 5 heteroatoms. The molecule has 0 amide bonds. The number of rotatable bonds is 4. The van der Waals surface area contributed by atoms with Gasteiger partial charge in [0.25, 0.3) is 0 Å². The van der Waals surface area contributed by atoms with Gasteiger partial charge in [0.05, 0.1) is 31.5 Å². The first-order valence-corrected chi connectivity index (χ1v) is 7.34. The van der Waals surface area contributed by atoms with Crippen LogP contribution in [0.15, 0.2) is 0 Å². The van der Waals surface area contributed by atoms with E-state index in [2.05, 4.69) is 31.0 Å². The number of morpholine rings is 2. The minimum Gasteiger partial charge on any atom is -0.394 e. The van der Waals surface area contributed by atoms with Gasteiger partial charge in [-0.25, -0.2) is 0 Å². The molecule has 3 unspecified atom stereocenters. The normalized spacial score (nSPS) is 34.1. The first-order valence-electron chi connectivity index (χ1n) is 7.34. The second-order valence-electron chi connectivity index (χ2n) is 6.42. The number of nitrogens with zero attached hydrogens (tertiary/aromatic N) is 1. The van der Waals surface area contributed by atoms with E-state index in [1.165, 1.54) is 0 Å². The van der Waals surface area contributed by atoms with Crippen LogP contribution in [0.4, 0.5) is 0 Å². The fourth-order valence-electron chi connectivity index (χ4n) is 3.10. The van der Waals surface area contributed by atoms with Crippen LogP contribution in [-0.4, -0.2) is 73.3 Å². The molecular formula is C14H28N2O3. The van der Waals surface area contributed by atoms with Crippen LogP contribution in [-0.2, 0) is 9.47 Å². The van der Waals surface area contributed by atoms with E-state index < -0.39 is 0 Å². The number of hydrogen-bond donors (Lipinski definition) is 2. The maximum Gasteiger partial charge on any atom is 0.0940 e. The van der Waals surface area contributed by atoms with Crippen molar-refractivity contribution in [2.45, 2.75) is 51.0 Å². The number of aliphatic hydroxyl groups is 1. The Morgan fingerprint density at radius 1 is 1.47 bits per heavy atom. The predicted octanol–water partition coefficient (Wildman–Crippen LogP) is 0.225. The topological polar surface area (TPSA) is 54.0 Å². The molecule has 2 N–H and O–H groups in total. The zero-order chi connectivity index (χ0) is 13.9. The van der Waals surface area contributed by atoms with Crippen LogP contribution >= 0.6 is 0 Å². The Morgan fingerprint density at radius 2 is 2.26 bits per heavy atom. The molecule has 0 bridgehead atoms. The standard InChI is InChI=1S/C14H28N2O3/c1-11(6-12-9-18-5-4-15-12)16-7-13(8-17)19-14(2,3)10-16/h11-13,15,17H,4-10H2,1-3H3. The second-order valence-corrected chi connectivity index (χ2v) is 6.42. The van der Waals surface area contributed by atoms with Crippen LogP contribution in [0.3, 0.4) is 0 Å². The Labute approximate surface area is 116 Å². The highest BCUT2D eigenvalue weighted by Crippen LogP contribution is 2.24. The van der Waals surface area contributed by atoms with Gasteiger partial charge in [-0.3, -0.25) is 4.90 Å². The monoisotopic (exact) mass is 272 g/mol. The zero-order valence-electron chi connectivity index (χ0n) is 12.4. The summed E-state index contributed by atoms with van der Waals surface area (Å²) in [6.45, 7) is 10.8. The van der Waals surface area contributed by atoms with Crippen molar-refractivity contribution >= 4 is 0 Å². The lowest BCUT2D eigenvalue weighted by atomic mass is 10.0. The summed E-state index contributed by atoms with van der Waals surface area (Å²) in [5.74, 6) is 0. The summed E-state index contributed by atoms with van der Waals surface area (Å²) in [6, 6.07) is 0.915. The molecule has 2 fully saturated rings. The molecule has 2 aliphatic rings. The van der Waals surface area contributed by atoms with Crippen LogP contribution in [0.25, 0.3) is 0 Å². The molecule has 3 atom stereocenters. The highest BCUT2D eigenvalue weighted by atomic mass is 16.5. The van der Waals surface area contributed by atoms with Crippen molar-refractivity contribution in [1.82, 2.24) is 10.2 Å². The van der Waals surface area contributed by atoms with Crippen molar-refractivity contribution in [2.75, 3.05) is 39.5 Å². The molecule has 2 heterocycles. The van der Waals surface area contributed by atoms with Crippen LogP contribution in [0.5, 0.6) is 0 Å². The summed E-state index contributed by atoms with van der Waals surface area (Å²) >= 11 is 0. The summed E-state index contributed by atoms with van der Waals surface area (Å²) < 4.78 is 11.4. The highest BCUT2D eigenvalue weighted by molar-refractivity contribution is 4.88. The summed E-state index contributed by atoms with van der Waals surface area (Å²) in [5.41, 5.74) is -0.184. The lowest BCUT2D eigenvalue weighted by Gasteiger charge is -2.45. The molecule has 2 rings (SSSR count). The van der Waals surface area contributed by atoms with Crippen molar-refractivity contribution in [2.24, 2.45) is 0 Å². The van der Waals surface area contributed by atoms with Gasteiger partial charge in [-0.1, -0.05) is 0 Å². The van der Waals surface area contributed by atoms with Crippen molar-refractivity contribution in [3.8, 4) is 0 Å². The van der Waals surface area contributed by atoms with E-state index in [4.69, 9.17) is 9.47 Å². The van der Waals surface area contributed by atoms with Crippen LogP contribution < -0.4 is 5.32 Å². The Bertz CT molecular complexity index is 280. The number of aliphatic hydroxyl groups excluding tert-OH is 1. The minimum absolute atomic E-state index is 0.0678. The molecule has 112 valence electrons. The van der Waals surface area contributed by atoms with Crippen LogP contribution in [0.2, 0.25) is 0 Å². The zero-order valence-corrected chi connectivity index (χ0v) is 12.4. The van der Waals surface area contributed by atoms with E-state index in [0.29, 0.717) is 12.1 Å². The van der Waals surface area contributed by atoms with Gasteiger partial charge in [0.1, 0.15) is 0 Å². The number of hydrogen-bond acceptors (Lipinski definition) is 5. The minimum atomic E-state index is -0.184. The number of ether oxygens (including phenoxy) is 2. The van der Waals surface area contributed by atoms with E-state index in [-0.39, 0.29) is 18.3 Å². The smallest absolute Gasteiger partial charge is 0.0940 e. The molecule has 0 aromatic rings. The third-order valence-corrected chi connectivity index (χ3v) is 3.96. The van der Waals surface area contributed by atoms with E-state index in [0.717, 1.165) is 39.3 Å². The maximum absolute atomic E-state index is 9.36. The molecule has 5 nitrogen and oxygen atoms in total. The van der Waals surface area contributed by atoms with Crippen molar-refractivity contribution < 1.29 is 14.6 Å². The third kappa shape index (κ3) is 4.39.